The van der Waals surface area contributed by atoms with Gasteiger partial charge in [-0.15, -0.1) is 0 Å². The highest BCUT2D eigenvalue weighted by molar-refractivity contribution is 6.31. The summed E-state index contributed by atoms with van der Waals surface area (Å²) in [7, 11) is 1.95. The van der Waals surface area contributed by atoms with Crippen molar-refractivity contribution in [3.8, 4) is 0 Å². The maximum Gasteiger partial charge on any atom is 0.226 e. The van der Waals surface area contributed by atoms with Gasteiger partial charge in [-0.2, -0.15) is 0 Å². The molecule has 1 unspecified atom stereocenters. The van der Waals surface area contributed by atoms with Crippen LogP contribution in [0.25, 0.3) is 0 Å². The first-order chi connectivity index (χ1) is 16.1. The van der Waals surface area contributed by atoms with Gasteiger partial charge in [0.15, 0.2) is 0 Å². The van der Waals surface area contributed by atoms with Gasteiger partial charge in [-0.05, 0) is 80.8 Å². The number of rotatable bonds is 3. The Balaban J connectivity index is 1.37. The molecule has 3 aliphatic carbocycles. The molecule has 2 saturated carbocycles. The van der Waals surface area contributed by atoms with Crippen LogP contribution in [-0.4, -0.2) is 23.8 Å². The van der Waals surface area contributed by atoms with Crippen LogP contribution >= 0.6 is 11.6 Å². The van der Waals surface area contributed by atoms with Crippen LogP contribution in [0.4, 0.5) is 4.39 Å². The van der Waals surface area contributed by atoms with Crippen LogP contribution in [0.5, 0.6) is 0 Å². The van der Waals surface area contributed by atoms with Gasteiger partial charge >= 0.3 is 0 Å². The van der Waals surface area contributed by atoms with Gasteiger partial charge < -0.3 is 10.2 Å². The van der Waals surface area contributed by atoms with E-state index < -0.39 is 0 Å². The minimum atomic E-state index is -0.381. The van der Waals surface area contributed by atoms with E-state index >= 15 is 0 Å². The number of hydrogen-bond donors (Lipinski definition) is 1. The van der Waals surface area contributed by atoms with Crippen LogP contribution in [0.3, 0.4) is 0 Å². The predicted molar refractivity (Wildman–Crippen MR) is 131 cm³/mol. The summed E-state index contributed by atoms with van der Waals surface area (Å²) in [5.41, 5.74) is 2.96. The van der Waals surface area contributed by atoms with Crippen molar-refractivity contribution in [2.45, 2.75) is 72.3 Å². The molecule has 34 heavy (non-hydrogen) atoms. The van der Waals surface area contributed by atoms with E-state index in [1.165, 1.54) is 17.3 Å². The topological polar surface area (TPSA) is 49.4 Å². The molecule has 1 aromatic rings. The quantitative estimate of drug-likeness (QED) is 0.562. The average Bonchev–Trinajstić information content (AvgIpc) is 3.13. The first-order valence-corrected chi connectivity index (χ1v) is 13.1. The third-order valence-electron chi connectivity index (χ3n) is 10.1. The number of hydrogen-bond acceptors (Lipinski definition) is 2. The summed E-state index contributed by atoms with van der Waals surface area (Å²) >= 11 is 6.17. The van der Waals surface area contributed by atoms with Crippen molar-refractivity contribution in [2.24, 2.45) is 34.5 Å². The molecule has 1 heterocycles. The Kier molecular flexibility index (Phi) is 5.86. The molecule has 6 atom stereocenters. The number of halogens is 2. The number of fused-ring (bicyclic) bond motifs is 5. The number of nitrogens with one attached hydrogen (secondary N) is 1. The standard InChI is InChI=1S/C28H36ClFN2O2/c1-16-14-17-19-8-9-21(26(34)31-15-18-22(29)6-5-7-23(18)30)27(19,2)12-10-20(17)28(3)13-11-24(33)32(4)25(16)28/h5-7,17,19-21H,8-15H2,1-4H3,(H,31,34)/t17-,19-,20+,21?,27-,28+/m0/s1. The molecular formula is C28H36ClFN2O2. The number of likely N-dealkylation sites (tertiary alicyclic amines) is 1. The van der Waals surface area contributed by atoms with Gasteiger partial charge in [0.05, 0.1) is 0 Å². The lowest BCUT2D eigenvalue weighted by molar-refractivity contribution is -0.138. The van der Waals surface area contributed by atoms with E-state index in [9.17, 15) is 14.0 Å². The van der Waals surface area contributed by atoms with Gasteiger partial charge in [0.25, 0.3) is 0 Å². The smallest absolute Gasteiger partial charge is 0.226 e. The van der Waals surface area contributed by atoms with Crippen LogP contribution < -0.4 is 5.32 Å². The zero-order valence-electron chi connectivity index (χ0n) is 20.7. The van der Waals surface area contributed by atoms with Crippen LogP contribution in [0, 0.1) is 40.3 Å². The maximum atomic E-state index is 14.2. The zero-order valence-corrected chi connectivity index (χ0v) is 21.5. The number of piperidine rings is 1. The number of nitrogens with zero attached hydrogens (tertiary/aromatic N) is 1. The lowest BCUT2D eigenvalue weighted by atomic mass is 9.48. The highest BCUT2D eigenvalue weighted by Gasteiger charge is 2.61. The first-order valence-electron chi connectivity index (χ1n) is 12.8. The van der Waals surface area contributed by atoms with Gasteiger partial charge in [0, 0.05) is 47.6 Å². The highest BCUT2D eigenvalue weighted by atomic mass is 35.5. The van der Waals surface area contributed by atoms with E-state index in [0.29, 0.717) is 34.8 Å². The lowest BCUT2D eigenvalue weighted by Gasteiger charge is -2.59. The molecular weight excluding hydrogens is 451 g/mol. The van der Waals surface area contributed by atoms with Crippen molar-refractivity contribution < 1.29 is 14.0 Å². The SMILES string of the molecule is CC1=C2N(C)C(=O)CC[C@]2(C)[C@@H]2CC[C@]3(C)C(C(=O)NCc4c(F)cccc4Cl)CC[C@H]3[C@@H]2C1. The molecule has 4 nitrogen and oxygen atoms in total. The molecule has 1 aliphatic heterocycles. The molecule has 0 bridgehead atoms. The second-order valence-electron chi connectivity index (χ2n) is 11.7. The van der Waals surface area contributed by atoms with Crippen molar-refractivity contribution in [1.29, 1.82) is 0 Å². The molecule has 184 valence electrons. The molecule has 3 fully saturated rings. The molecule has 0 spiro atoms. The Morgan fingerprint density at radius 1 is 1.21 bits per heavy atom. The van der Waals surface area contributed by atoms with Gasteiger partial charge in [-0.1, -0.05) is 37.1 Å². The van der Waals surface area contributed by atoms with Gasteiger partial charge in [-0.3, -0.25) is 9.59 Å². The van der Waals surface area contributed by atoms with Crippen molar-refractivity contribution in [3.63, 3.8) is 0 Å². The Bertz CT molecular complexity index is 1050. The molecule has 1 aromatic carbocycles. The lowest BCUT2D eigenvalue weighted by Crippen LogP contribution is -2.55. The van der Waals surface area contributed by atoms with Crippen LogP contribution in [0.1, 0.15) is 71.3 Å². The maximum absolute atomic E-state index is 14.2. The van der Waals surface area contributed by atoms with Crippen molar-refractivity contribution in [3.05, 3.63) is 45.9 Å². The monoisotopic (exact) mass is 486 g/mol. The summed E-state index contributed by atoms with van der Waals surface area (Å²) in [6, 6.07) is 4.62. The summed E-state index contributed by atoms with van der Waals surface area (Å²) in [5, 5.41) is 3.36. The van der Waals surface area contributed by atoms with Crippen molar-refractivity contribution in [1.82, 2.24) is 10.2 Å². The molecule has 0 radical (unpaired) electrons. The summed E-state index contributed by atoms with van der Waals surface area (Å²) < 4.78 is 14.2. The number of benzene rings is 1. The molecule has 6 heteroatoms. The predicted octanol–water partition coefficient (Wildman–Crippen LogP) is 6.09. The summed E-state index contributed by atoms with van der Waals surface area (Å²) in [6.07, 6.45) is 6.63. The van der Waals surface area contributed by atoms with Crippen LogP contribution in [-0.2, 0) is 16.1 Å². The molecule has 1 saturated heterocycles. The Hall–Kier alpha value is -1.88. The third-order valence-corrected chi connectivity index (χ3v) is 10.5. The van der Waals surface area contributed by atoms with Gasteiger partial charge in [-0.25, -0.2) is 4.39 Å². The van der Waals surface area contributed by atoms with E-state index in [1.54, 1.807) is 12.1 Å². The Labute approximate surface area is 207 Å². The van der Waals surface area contributed by atoms with Crippen LogP contribution in [0.15, 0.2) is 29.5 Å². The second kappa shape index (κ2) is 8.36. The van der Waals surface area contributed by atoms with E-state index in [0.717, 1.165) is 38.5 Å². The second-order valence-corrected chi connectivity index (χ2v) is 12.1. The van der Waals surface area contributed by atoms with Crippen molar-refractivity contribution in [2.75, 3.05) is 7.05 Å². The normalized spacial score (nSPS) is 37.2. The number of amides is 2. The largest absolute Gasteiger partial charge is 0.352 e. The molecule has 0 aromatic heterocycles. The summed E-state index contributed by atoms with van der Waals surface area (Å²) in [4.78, 5) is 27.8. The van der Waals surface area contributed by atoms with Crippen LogP contribution in [0.2, 0.25) is 5.02 Å². The average molecular weight is 487 g/mol. The fraction of sp³-hybridized carbons (Fsp3) is 0.643. The van der Waals surface area contributed by atoms with Crippen molar-refractivity contribution >= 4 is 23.4 Å². The van der Waals surface area contributed by atoms with E-state index in [2.05, 4.69) is 26.1 Å². The Morgan fingerprint density at radius 2 is 1.97 bits per heavy atom. The van der Waals surface area contributed by atoms with Gasteiger partial charge in [0.2, 0.25) is 11.8 Å². The van der Waals surface area contributed by atoms with E-state index in [1.807, 2.05) is 11.9 Å². The fourth-order valence-corrected chi connectivity index (χ4v) is 8.77. The van der Waals surface area contributed by atoms with E-state index in [-0.39, 0.29) is 40.9 Å². The zero-order chi connectivity index (χ0) is 24.4. The fourth-order valence-electron chi connectivity index (χ4n) is 8.54. The van der Waals surface area contributed by atoms with Gasteiger partial charge in [0.1, 0.15) is 5.82 Å². The number of carbonyl (C=O) groups excluding carboxylic acids is 2. The minimum Gasteiger partial charge on any atom is -0.352 e. The first kappa shape index (κ1) is 23.8. The third kappa shape index (κ3) is 3.44. The summed E-state index contributed by atoms with van der Waals surface area (Å²) in [5.74, 6) is 1.42. The highest BCUT2D eigenvalue weighted by Crippen LogP contribution is 2.66. The Morgan fingerprint density at radius 3 is 2.71 bits per heavy atom. The number of allylic oxidation sites excluding steroid dienone is 2. The molecule has 1 N–H and O–H groups in total. The molecule has 5 rings (SSSR count). The molecule has 2 amide bonds. The molecule has 4 aliphatic rings. The number of carbonyl (C=O) groups is 2. The minimum absolute atomic E-state index is 0.0285. The summed E-state index contributed by atoms with van der Waals surface area (Å²) in [6.45, 7) is 7.03. The van der Waals surface area contributed by atoms with E-state index in [4.69, 9.17) is 11.6 Å².